The van der Waals surface area contributed by atoms with Gasteiger partial charge in [0.05, 0.1) is 0 Å². The fourth-order valence-corrected chi connectivity index (χ4v) is 1.64. The summed E-state index contributed by atoms with van der Waals surface area (Å²) in [6.45, 7) is 1.99. The molecular formula is C12H12Cl2O. The molecule has 15 heavy (non-hydrogen) atoms. The first-order chi connectivity index (χ1) is 7.13. The highest BCUT2D eigenvalue weighted by molar-refractivity contribution is 6.35. The van der Waals surface area contributed by atoms with Crippen molar-refractivity contribution >= 4 is 29.0 Å². The molecule has 3 heteroatoms. The second-order valence-electron chi connectivity index (χ2n) is 3.19. The predicted molar refractivity (Wildman–Crippen MR) is 64.6 cm³/mol. The largest absolute Gasteiger partial charge is 0.294 e. The van der Waals surface area contributed by atoms with Crippen LogP contribution >= 0.6 is 23.2 Å². The highest BCUT2D eigenvalue weighted by atomic mass is 35.5. The normalized spacial score (nSPS) is 10.9. The molecule has 0 bridgehead atoms. The molecule has 0 N–H and O–H groups in total. The van der Waals surface area contributed by atoms with Crippen LogP contribution in [0.3, 0.4) is 0 Å². The van der Waals surface area contributed by atoms with Crippen molar-refractivity contribution in [2.45, 2.75) is 19.8 Å². The van der Waals surface area contributed by atoms with Crippen LogP contribution in [0.2, 0.25) is 10.0 Å². The lowest BCUT2D eigenvalue weighted by Crippen LogP contribution is -1.98. The zero-order valence-corrected chi connectivity index (χ0v) is 9.98. The van der Waals surface area contributed by atoms with Crippen LogP contribution in [-0.4, -0.2) is 5.78 Å². The molecule has 80 valence electrons. The van der Waals surface area contributed by atoms with Crippen molar-refractivity contribution in [2.24, 2.45) is 0 Å². The number of hydrogen-bond donors (Lipinski definition) is 0. The molecule has 0 saturated carbocycles. The molecule has 0 aliphatic carbocycles. The number of carbonyl (C=O) groups excluding carboxylic acids is 1. The van der Waals surface area contributed by atoms with E-state index in [-0.39, 0.29) is 5.78 Å². The summed E-state index contributed by atoms with van der Waals surface area (Å²) in [5.74, 6) is 0.0565. The van der Waals surface area contributed by atoms with E-state index in [0.717, 1.165) is 12.0 Å². The molecule has 1 nitrogen and oxygen atoms in total. The van der Waals surface area contributed by atoms with Crippen LogP contribution in [0.15, 0.2) is 30.4 Å². The summed E-state index contributed by atoms with van der Waals surface area (Å²) < 4.78 is 0. The van der Waals surface area contributed by atoms with Gasteiger partial charge in [-0.3, -0.25) is 4.79 Å². The van der Waals surface area contributed by atoms with Crippen molar-refractivity contribution in [2.75, 3.05) is 0 Å². The first-order valence-electron chi connectivity index (χ1n) is 4.76. The highest BCUT2D eigenvalue weighted by Crippen LogP contribution is 2.21. The van der Waals surface area contributed by atoms with Gasteiger partial charge < -0.3 is 0 Å². The third kappa shape index (κ3) is 4.06. The number of halogens is 2. The van der Waals surface area contributed by atoms with Crippen molar-refractivity contribution in [3.8, 4) is 0 Å². The summed E-state index contributed by atoms with van der Waals surface area (Å²) >= 11 is 11.7. The molecule has 0 fully saturated rings. The summed E-state index contributed by atoms with van der Waals surface area (Å²) in [6.07, 6.45) is 4.61. The van der Waals surface area contributed by atoms with Crippen LogP contribution in [0.4, 0.5) is 0 Å². The molecule has 0 amide bonds. The van der Waals surface area contributed by atoms with E-state index in [2.05, 4.69) is 0 Å². The minimum atomic E-state index is 0.0565. The zero-order valence-electron chi connectivity index (χ0n) is 8.47. The Morgan fingerprint density at radius 2 is 2.13 bits per heavy atom. The smallest absolute Gasteiger partial charge is 0.159 e. The maximum atomic E-state index is 11.4. The maximum absolute atomic E-state index is 11.4. The van der Waals surface area contributed by atoms with Gasteiger partial charge >= 0.3 is 0 Å². The van der Waals surface area contributed by atoms with Gasteiger partial charge in [-0.05, 0) is 30.2 Å². The monoisotopic (exact) mass is 242 g/mol. The number of hydrogen-bond acceptors (Lipinski definition) is 1. The second kappa shape index (κ2) is 5.94. The summed E-state index contributed by atoms with van der Waals surface area (Å²) in [5.41, 5.74) is 0.812. The van der Waals surface area contributed by atoms with E-state index in [0.29, 0.717) is 16.5 Å². The predicted octanol–water partition coefficient (Wildman–Crippen LogP) is 4.07. The van der Waals surface area contributed by atoms with E-state index in [1.54, 1.807) is 24.3 Å². The minimum Gasteiger partial charge on any atom is -0.294 e. The Kier molecular flexibility index (Phi) is 4.86. The molecule has 0 aliphatic heterocycles. The lowest BCUT2D eigenvalue weighted by Gasteiger charge is -2.01. The van der Waals surface area contributed by atoms with E-state index < -0.39 is 0 Å². The minimum absolute atomic E-state index is 0.0565. The number of allylic oxidation sites excluding steroid dienone is 2. The quantitative estimate of drug-likeness (QED) is 0.728. The Bertz CT molecular complexity index is 383. The molecule has 1 rings (SSSR count). The van der Waals surface area contributed by atoms with Crippen LogP contribution < -0.4 is 0 Å². The van der Waals surface area contributed by atoms with Gasteiger partial charge in [-0.1, -0.05) is 42.3 Å². The van der Waals surface area contributed by atoms with Crippen molar-refractivity contribution in [3.63, 3.8) is 0 Å². The molecule has 0 aromatic heterocycles. The maximum Gasteiger partial charge on any atom is 0.159 e. The summed E-state index contributed by atoms with van der Waals surface area (Å²) in [4.78, 5) is 11.4. The zero-order chi connectivity index (χ0) is 11.3. The van der Waals surface area contributed by atoms with Gasteiger partial charge in [0.2, 0.25) is 0 Å². The van der Waals surface area contributed by atoms with Gasteiger partial charge in [0.1, 0.15) is 0 Å². The number of carbonyl (C=O) groups is 1. The average Bonchev–Trinajstić information content (AvgIpc) is 2.19. The van der Waals surface area contributed by atoms with E-state index in [4.69, 9.17) is 23.2 Å². The SMILES string of the molecule is CC/C=C/C(=O)Cc1ccc(Cl)cc1Cl. The van der Waals surface area contributed by atoms with Crippen LogP contribution in [0.25, 0.3) is 0 Å². The lowest BCUT2D eigenvalue weighted by atomic mass is 10.1. The Morgan fingerprint density at radius 3 is 2.73 bits per heavy atom. The number of benzene rings is 1. The summed E-state index contributed by atoms with van der Waals surface area (Å²) in [5, 5.41) is 1.13. The van der Waals surface area contributed by atoms with E-state index in [1.807, 2.05) is 13.0 Å². The van der Waals surface area contributed by atoms with E-state index >= 15 is 0 Å². The van der Waals surface area contributed by atoms with Crippen molar-refractivity contribution in [1.82, 2.24) is 0 Å². The fourth-order valence-electron chi connectivity index (χ4n) is 1.16. The molecular weight excluding hydrogens is 231 g/mol. The van der Waals surface area contributed by atoms with Crippen molar-refractivity contribution in [3.05, 3.63) is 46.0 Å². The lowest BCUT2D eigenvalue weighted by molar-refractivity contribution is -0.114. The van der Waals surface area contributed by atoms with Crippen LogP contribution in [0, 0.1) is 0 Å². The molecule has 1 aromatic rings. The molecule has 0 radical (unpaired) electrons. The number of rotatable bonds is 4. The van der Waals surface area contributed by atoms with Gasteiger partial charge in [0.15, 0.2) is 5.78 Å². The molecule has 1 aromatic carbocycles. The second-order valence-corrected chi connectivity index (χ2v) is 4.03. The topological polar surface area (TPSA) is 17.1 Å². The molecule has 0 spiro atoms. The Hall–Kier alpha value is -0.790. The van der Waals surface area contributed by atoms with Crippen LogP contribution in [-0.2, 0) is 11.2 Å². The molecule has 0 saturated heterocycles. The third-order valence-corrected chi connectivity index (χ3v) is 2.51. The van der Waals surface area contributed by atoms with Crippen LogP contribution in [0.1, 0.15) is 18.9 Å². The Balaban J connectivity index is 2.72. The molecule has 0 atom stereocenters. The summed E-state index contributed by atoms with van der Waals surface area (Å²) in [6, 6.07) is 5.16. The highest BCUT2D eigenvalue weighted by Gasteiger charge is 2.04. The van der Waals surface area contributed by atoms with Gasteiger partial charge in [-0.2, -0.15) is 0 Å². The third-order valence-electron chi connectivity index (χ3n) is 1.92. The van der Waals surface area contributed by atoms with Crippen molar-refractivity contribution < 1.29 is 4.79 Å². The molecule has 0 heterocycles. The Morgan fingerprint density at radius 1 is 1.40 bits per heavy atom. The standard InChI is InChI=1S/C12H12Cl2O/c1-2-3-4-11(15)7-9-5-6-10(13)8-12(9)14/h3-6,8H,2,7H2,1H3/b4-3+. The first-order valence-corrected chi connectivity index (χ1v) is 5.52. The number of ketones is 1. The van der Waals surface area contributed by atoms with Gasteiger partial charge in [0, 0.05) is 16.5 Å². The average molecular weight is 243 g/mol. The van der Waals surface area contributed by atoms with Crippen LogP contribution in [0.5, 0.6) is 0 Å². The van der Waals surface area contributed by atoms with Gasteiger partial charge in [-0.15, -0.1) is 0 Å². The van der Waals surface area contributed by atoms with E-state index in [1.165, 1.54) is 0 Å². The molecule has 0 aliphatic rings. The van der Waals surface area contributed by atoms with Gasteiger partial charge in [-0.25, -0.2) is 0 Å². The Labute approximate surface area is 99.7 Å². The van der Waals surface area contributed by atoms with E-state index in [9.17, 15) is 4.79 Å². The first kappa shape index (κ1) is 12.3. The van der Waals surface area contributed by atoms with Crippen molar-refractivity contribution in [1.29, 1.82) is 0 Å². The summed E-state index contributed by atoms with van der Waals surface area (Å²) in [7, 11) is 0. The van der Waals surface area contributed by atoms with Gasteiger partial charge in [0.25, 0.3) is 0 Å². The molecule has 0 unspecified atom stereocenters. The fraction of sp³-hybridized carbons (Fsp3) is 0.250.